The van der Waals surface area contributed by atoms with Gasteiger partial charge < -0.3 is 9.09 Å². The van der Waals surface area contributed by atoms with Crippen molar-refractivity contribution < 1.29 is 17.7 Å². The number of nitrogens with zero attached hydrogens (tertiary/aromatic N) is 5. The number of aromatic nitrogens is 5. The molecule has 0 bridgehead atoms. The highest BCUT2D eigenvalue weighted by atomic mass is 19.4. The number of pyridine rings is 2. The van der Waals surface area contributed by atoms with Crippen molar-refractivity contribution >= 4 is 10.9 Å². The molecule has 4 rings (SSSR count). The van der Waals surface area contributed by atoms with E-state index in [9.17, 15) is 13.2 Å². The Labute approximate surface area is 158 Å². The molecule has 0 radical (unpaired) electrons. The van der Waals surface area contributed by atoms with Crippen LogP contribution < -0.4 is 0 Å². The molecule has 0 saturated heterocycles. The van der Waals surface area contributed by atoms with E-state index in [4.69, 9.17) is 0 Å². The summed E-state index contributed by atoms with van der Waals surface area (Å²) >= 11 is 0. The molecule has 9 heteroatoms. The predicted octanol–water partition coefficient (Wildman–Crippen LogP) is 4.75. The highest BCUT2D eigenvalue weighted by molar-refractivity contribution is 5.84. The molecule has 0 N–H and O–H groups in total. The summed E-state index contributed by atoms with van der Waals surface area (Å²) in [5.41, 5.74) is 3.74. The van der Waals surface area contributed by atoms with Gasteiger partial charge in [0.15, 0.2) is 0 Å². The van der Waals surface area contributed by atoms with Crippen LogP contribution in [0.2, 0.25) is 0 Å². The number of fused-ring (bicyclic) bond motifs is 1. The first kappa shape index (κ1) is 18.1. The molecule has 0 aromatic carbocycles. The fourth-order valence-electron chi connectivity index (χ4n) is 3.19. The van der Waals surface area contributed by atoms with E-state index in [2.05, 4.69) is 49.1 Å². The van der Waals surface area contributed by atoms with Crippen molar-refractivity contribution in [2.45, 2.75) is 33.0 Å². The number of halogens is 3. The molecule has 28 heavy (non-hydrogen) atoms. The molecule has 0 amide bonds. The van der Waals surface area contributed by atoms with Gasteiger partial charge in [0, 0.05) is 29.4 Å². The lowest BCUT2D eigenvalue weighted by molar-refractivity contribution is -0.159. The van der Waals surface area contributed by atoms with Gasteiger partial charge in [-0.25, -0.2) is 0 Å². The molecule has 0 aliphatic heterocycles. The number of rotatable bonds is 4. The molecule has 0 fully saturated rings. The summed E-state index contributed by atoms with van der Waals surface area (Å²) < 4.78 is 44.6. The molecule has 0 atom stereocenters. The smallest absolute Gasteiger partial charge is 0.344 e. The van der Waals surface area contributed by atoms with Gasteiger partial charge in [-0.2, -0.15) is 18.2 Å². The van der Waals surface area contributed by atoms with Crippen molar-refractivity contribution in [1.29, 1.82) is 0 Å². The Morgan fingerprint density at radius 3 is 2.54 bits per heavy atom. The van der Waals surface area contributed by atoms with E-state index >= 15 is 0 Å². The van der Waals surface area contributed by atoms with Gasteiger partial charge in [0.05, 0.1) is 23.1 Å². The van der Waals surface area contributed by atoms with E-state index in [0.717, 1.165) is 23.9 Å². The molecule has 144 valence electrons. The first-order valence-corrected chi connectivity index (χ1v) is 8.76. The van der Waals surface area contributed by atoms with Crippen molar-refractivity contribution in [2.24, 2.45) is 0 Å². The molecule has 0 saturated carbocycles. The second-order valence-electron chi connectivity index (χ2n) is 6.21. The van der Waals surface area contributed by atoms with Crippen molar-refractivity contribution in [3.05, 3.63) is 48.2 Å². The zero-order chi connectivity index (χ0) is 19.9. The molecule has 0 aliphatic rings. The Balaban J connectivity index is 1.74. The molecule has 0 unspecified atom stereocenters. The lowest BCUT2D eigenvalue weighted by Gasteiger charge is -2.06. The number of hydrogen-bond donors (Lipinski definition) is 0. The van der Waals surface area contributed by atoms with E-state index in [-0.39, 0.29) is 5.82 Å². The average Bonchev–Trinajstić information content (AvgIpc) is 3.32. The molecule has 4 aromatic heterocycles. The van der Waals surface area contributed by atoms with Crippen LogP contribution in [0, 0.1) is 0 Å². The van der Waals surface area contributed by atoms with Gasteiger partial charge in [-0.05, 0) is 37.6 Å². The lowest BCUT2D eigenvalue weighted by Crippen LogP contribution is -2.04. The second-order valence-corrected chi connectivity index (χ2v) is 6.21. The summed E-state index contributed by atoms with van der Waals surface area (Å²) in [5.74, 6) is -1.53. The van der Waals surface area contributed by atoms with E-state index in [0.29, 0.717) is 17.0 Å². The van der Waals surface area contributed by atoms with Gasteiger partial charge in [-0.3, -0.25) is 9.97 Å². The van der Waals surface area contributed by atoms with Gasteiger partial charge in [0.1, 0.15) is 0 Å². The summed E-state index contributed by atoms with van der Waals surface area (Å²) in [6.45, 7) is 5.03. The van der Waals surface area contributed by atoms with Crippen LogP contribution in [-0.2, 0) is 19.1 Å². The molecule has 0 aliphatic carbocycles. The van der Waals surface area contributed by atoms with Crippen molar-refractivity contribution in [1.82, 2.24) is 24.7 Å². The fraction of sp³-hybridized carbons (Fsp3) is 0.263. The third-order valence-electron chi connectivity index (χ3n) is 4.50. The maximum Gasteiger partial charge on any atom is 0.471 e. The Morgan fingerprint density at radius 2 is 1.86 bits per heavy atom. The van der Waals surface area contributed by atoms with Crippen LogP contribution in [0.25, 0.3) is 33.7 Å². The molecule has 6 nitrogen and oxygen atoms in total. The van der Waals surface area contributed by atoms with Gasteiger partial charge in [-0.15, -0.1) is 0 Å². The van der Waals surface area contributed by atoms with Crippen LogP contribution in [0.5, 0.6) is 0 Å². The van der Waals surface area contributed by atoms with Crippen LogP contribution >= 0.6 is 0 Å². The SMILES string of the molecule is CCc1cc2cc(-c3cc(-c4noc(C(F)(F)F)n4)ccn3)ncc2n1CC. The second kappa shape index (κ2) is 6.74. The Kier molecular flexibility index (Phi) is 4.37. The van der Waals surface area contributed by atoms with E-state index in [1.54, 1.807) is 12.3 Å². The summed E-state index contributed by atoms with van der Waals surface area (Å²) in [5, 5.41) is 4.45. The van der Waals surface area contributed by atoms with Gasteiger partial charge in [0.25, 0.3) is 0 Å². The molecule has 0 spiro atoms. The number of alkyl halides is 3. The summed E-state index contributed by atoms with van der Waals surface area (Å²) in [6, 6.07) is 7.15. The quantitative estimate of drug-likeness (QED) is 0.505. The van der Waals surface area contributed by atoms with Crippen LogP contribution in [0.1, 0.15) is 25.4 Å². The number of aryl methyl sites for hydroxylation is 2. The topological polar surface area (TPSA) is 69.6 Å². The average molecular weight is 387 g/mol. The normalized spacial score (nSPS) is 12.0. The standard InChI is InChI=1S/C19H16F3N5O/c1-3-13-7-12-9-15(24-10-16(12)27(13)4-2)14-8-11(5-6-23-14)17-25-18(28-26-17)19(20,21)22/h5-10H,3-4H2,1-2H3. The monoisotopic (exact) mass is 387 g/mol. The third kappa shape index (κ3) is 3.12. The van der Waals surface area contributed by atoms with Crippen molar-refractivity contribution in [3.63, 3.8) is 0 Å². The number of hydrogen-bond acceptors (Lipinski definition) is 5. The zero-order valence-corrected chi connectivity index (χ0v) is 15.2. The Morgan fingerprint density at radius 1 is 1.07 bits per heavy atom. The fourth-order valence-corrected chi connectivity index (χ4v) is 3.19. The van der Waals surface area contributed by atoms with Crippen LogP contribution in [-0.4, -0.2) is 24.7 Å². The Hall–Kier alpha value is -3.23. The largest absolute Gasteiger partial charge is 0.471 e. The molecule has 4 aromatic rings. The highest BCUT2D eigenvalue weighted by Crippen LogP contribution is 2.30. The van der Waals surface area contributed by atoms with Crippen LogP contribution in [0.15, 0.2) is 41.2 Å². The van der Waals surface area contributed by atoms with Gasteiger partial charge >= 0.3 is 12.1 Å². The van der Waals surface area contributed by atoms with E-state index in [1.165, 1.54) is 18.0 Å². The highest BCUT2D eigenvalue weighted by Gasteiger charge is 2.38. The van der Waals surface area contributed by atoms with E-state index in [1.807, 2.05) is 6.07 Å². The first-order chi connectivity index (χ1) is 13.4. The predicted molar refractivity (Wildman–Crippen MR) is 96.3 cm³/mol. The minimum Gasteiger partial charge on any atom is -0.344 e. The Bertz CT molecular complexity index is 1150. The maximum absolute atomic E-state index is 12.7. The summed E-state index contributed by atoms with van der Waals surface area (Å²) in [7, 11) is 0. The molecule has 4 heterocycles. The van der Waals surface area contributed by atoms with Crippen LogP contribution in [0.3, 0.4) is 0 Å². The third-order valence-corrected chi connectivity index (χ3v) is 4.50. The maximum atomic E-state index is 12.7. The van der Waals surface area contributed by atoms with Gasteiger partial charge in [-0.1, -0.05) is 12.1 Å². The first-order valence-electron chi connectivity index (χ1n) is 8.76. The zero-order valence-electron chi connectivity index (χ0n) is 15.2. The summed E-state index contributed by atoms with van der Waals surface area (Å²) in [6.07, 6.45) is -0.505. The lowest BCUT2D eigenvalue weighted by atomic mass is 10.1. The minimum atomic E-state index is -4.68. The van der Waals surface area contributed by atoms with Crippen molar-refractivity contribution in [3.8, 4) is 22.8 Å². The molecular weight excluding hydrogens is 371 g/mol. The summed E-state index contributed by atoms with van der Waals surface area (Å²) in [4.78, 5) is 12.2. The minimum absolute atomic E-state index is 0.151. The molecular formula is C19H16F3N5O. The van der Waals surface area contributed by atoms with Crippen LogP contribution in [0.4, 0.5) is 13.2 Å². The van der Waals surface area contributed by atoms with E-state index < -0.39 is 12.1 Å². The van der Waals surface area contributed by atoms with Gasteiger partial charge in [0.2, 0.25) is 5.82 Å². The van der Waals surface area contributed by atoms with Crippen molar-refractivity contribution in [2.75, 3.05) is 0 Å².